The zero-order chi connectivity index (χ0) is 23.8. The second-order valence-electron chi connectivity index (χ2n) is 8.81. The van der Waals surface area contributed by atoms with Gasteiger partial charge in [0.1, 0.15) is 29.1 Å². The van der Waals surface area contributed by atoms with Crippen molar-refractivity contribution < 1.29 is 9.18 Å². The van der Waals surface area contributed by atoms with Crippen LogP contribution in [0, 0.1) is 17.2 Å². The van der Waals surface area contributed by atoms with E-state index in [-0.39, 0.29) is 28.7 Å². The van der Waals surface area contributed by atoms with Crippen molar-refractivity contribution in [2.24, 2.45) is 5.92 Å². The number of pyridine rings is 1. The maximum atomic E-state index is 13.2. The van der Waals surface area contributed by atoms with Gasteiger partial charge in [-0.2, -0.15) is 14.9 Å². The van der Waals surface area contributed by atoms with Gasteiger partial charge >= 0.3 is 0 Å². The lowest BCUT2D eigenvalue weighted by Gasteiger charge is -2.27. The first-order valence-corrected chi connectivity index (χ1v) is 11.4. The third kappa shape index (κ3) is 4.07. The molecular formula is C23H25FN8O2. The van der Waals surface area contributed by atoms with Crippen molar-refractivity contribution in [3.63, 3.8) is 0 Å². The summed E-state index contributed by atoms with van der Waals surface area (Å²) in [5, 5.41) is 22.3. The average Bonchev–Trinajstić information content (AvgIpc) is 3.36. The number of hydrogen-bond donors (Lipinski definition) is 3. The molecule has 3 heterocycles. The molecule has 2 aliphatic rings. The van der Waals surface area contributed by atoms with Gasteiger partial charge in [-0.05, 0) is 31.4 Å². The van der Waals surface area contributed by atoms with Crippen LogP contribution >= 0.6 is 0 Å². The van der Waals surface area contributed by atoms with Gasteiger partial charge in [-0.15, -0.1) is 0 Å². The van der Waals surface area contributed by atoms with Crippen LogP contribution < -0.4 is 21.5 Å². The largest absolute Gasteiger partial charge is 0.373 e. The number of carbonyl (C=O) groups is 1. The zero-order valence-corrected chi connectivity index (χ0v) is 18.7. The lowest BCUT2D eigenvalue weighted by atomic mass is 9.86. The van der Waals surface area contributed by atoms with E-state index >= 15 is 0 Å². The molecular weight excluding hydrogens is 439 g/mol. The van der Waals surface area contributed by atoms with E-state index in [1.807, 2.05) is 0 Å². The van der Waals surface area contributed by atoms with Crippen LogP contribution in [0.15, 0.2) is 35.4 Å². The molecule has 3 aromatic rings. The molecule has 0 bridgehead atoms. The van der Waals surface area contributed by atoms with Gasteiger partial charge in [-0.3, -0.25) is 9.59 Å². The molecule has 0 aliphatic heterocycles. The molecule has 2 saturated carbocycles. The van der Waals surface area contributed by atoms with E-state index in [1.54, 1.807) is 36.0 Å². The highest BCUT2D eigenvalue weighted by atomic mass is 19.1. The van der Waals surface area contributed by atoms with Gasteiger partial charge < -0.3 is 20.5 Å². The van der Waals surface area contributed by atoms with E-state index in [0.717, 1.165) is 19.3 Å². The molecule has 3 N–H and O–H groups in total. The summed E-state index contributed by atoms with van der Waals surface area (Å²) in [5.41, 5.74) is 0.634. The Morgan fingerprint density at radius 2 is 2.15 bits per heavy atom. The minimum atomic E-state index is -1.02. The fraction of sp³-hybridized carbons (Fsp3) is 0.435. The third-order valence-corrected chi connectivity index (χ3v) is 6.46. The van der Waals surface area contributed by atoms with E-state index in [4.69, 9.17) is 0 Å². The quantitative estimate of drug-likeness (QED) is 0.512. The molecule has 0 aromatic carbocycles. The number of alkyl halides is 1. The normalized spacial score (nSPS) is 23.8. The lowest BCUT2D eigenvalue weighted by Crippen LogP contribution is -2.29. The van der Waals surface area contributed by atoms with E-state index < -0.39 is 18.1 Å². The third-order valence-electron chi connectivity index (χ3n) is 6.46. The number of rotatable bonds is 6. The number of nitrogens with one attached hydrogen (secondary N) is 3. The number of hydrogen-bond acceptors (Lipinski definition) is 7. The Morgan fingerprint density at radius 3 is 2.88 bits per heavy atom. The molecule has 2 aliphatic carbocycles. The summed E-state index contributed by atoms with van der Waals surface area (Å²) in [6.45, 7) is 0. The van der Waals surface area contributed by atoms with Gasteiger partial charge in [0.25, 0.3) is 11.5 Å². The highest BCUT2D eigenvalue weighted by Crippen LogP contribution is 2.31. The average molecular weight is 465 g/mol. The summed E-state index contributed by atoms with van der Waals surface area (Å²) in [4.78, 5) is 30.4. The van der Waals surface area contributed by atoms with Crippen LogP contribution in [0.4, 0.5) is 21.7 Å². The molecule has 10 nitrogen and oxygen atoms in total. The van der Waals surface area contributed by atoms with Crippen LogP contribution in [-0.4, -0.2) is 44.3 Å². The number of amides is 1. The standard InChI is InChI=1S/C23H25FN8O2/c1-26-20-10-19(30-21-15(12-27-32(20)21)22(33)29-18-9-16(18)24)28-17-6-3-7-31(23(17)34)14-5-2-4-13(8-14)11-25/h3,6-7,10,12-14,16,18,26H,2,4-5,8-9H2,1H3,(H,28,30)(H,29,33)/t13-,14+,16+,18-/m1/s1. The summed E-state index contributed by atoms with van der Waals surface area (Å²) < 4.78 is 16.4. The molecule has 176 valence electrons. The Kier molecular flexibility index (Phi) is 5.65. The SMILES string of the molecule is CNc1cc(Nc2cccn([C@H]3CCC[C@@H](C#N)C3)c2=O)nc2c(C(=O)N[C@@H]3C[C@@H]3F)cnn12. The minimum Gasteiger partial charge on any atom is -0.373 e. The van der Waals surface area contributed by atoms with Crippen molar-refractivity contribution in [1.82, 2.24) is 24.5 Å². The van der Waals surface area contributed by atoms with Crippen LogP contribution in [0.2, 0.25) is 0 Å². The van der Waals surface area contributed by atoms with E-state index in [9.17, 15) is 19.2 Å². The van der Waals surface area contributed by atoms with Crippen LogP contribution in [0.1, 0.15) is 48.5 Å². The highest BCUT2D eigenvalue weighted by molar-refractivity contribution is 6.00. The molecule has 0 saturated heterocycles. The predicted octanol–water partition coefficient (Wildman–Crippen LogP) is 2.77. The number of anilines is 3. The molecule has 0 unspecified atom stereocenters. The fourth-order valence-corrected chi connectivity index (χ4v) is 4.49. The number of nitriles is 1. The van der Waals surface area contributed by atoms with Gasteiger partial charge in [0.15, 0.2) is 5.65 Å². The maximum Gasteiger partial charge on any atom is 0.274 e. The Labute approximate surface area is 194 Å². The second kappa shape index (κ2) is 8.78. The van der Waals surface area contributed by atoms with Gasteiger partial charge in [0, 0.05) is 37.7 Å². The number of fused-ring (bicyclic) bond motifs is 1. The molecule has 4 atom stereocenters. The first kappa shape index (κ1) is 21.9. The van der Waals surface area contributed by atoms with Gasteiger partial charge in [-0.25, -0.2) is 9.37 Å². The van der Waals surface area contributed by atoms with Crippen molar-refractivity contribution in [3.8, 4) is 6.07 Å². The van der Waals surface area contributed by atoms with E-state index in [0.29, 0.717) is 30.2 Å². The molecule has 5 rings (SSSR count). The molecule has 3 aromatic heterocycles. The molecule has 2 fully saturated rings. The molecule has 0 radical (unpaired) electrons. The lowest BCUT2D eigenvalue weighted by molar-refractivity contribution is 0.0949. The van der Waals surface area contributed by atoms with Crippen molar-refractivity contribution in [1.29, 1.82) is 5.26 Å². The van der Waals surface area contributed by atoms with Crippen molar-refractivity contribution in [2.75, 3.05) is 17.7 Å². The molecule has 0 spiro atoms. The Balaban J connectivity index is 1.46. The highest BCUT2D eigenvalue weighted by Gasteiger charge is 2.39. The Hall–Kier alpha value is -3.94. The van der Waals surface area contributed by atoms with Gasteiger partial charge in [0.05, 0.1) is 18.3 Å². The van der Waals surface area contributed by atoms with Crippen LogP contribution in [-0.2, 0) is 0 Å². The Morgan fingerprint density at radius 1 is 1.32 bits per heavy atom. The maximum absolute atomic E-state index is 13.2. The topological polar surface area (TPSA) is 129 Å². The summed E-state index contributed by atoms with van der Waals surface area (Å²) >= 11 is 0. The van der Waals surface area contributed by atoms with Crippen molar-refractivity contribution in [2.45, 2.75) is 50.4 Å². The summed E-state index contributed by atoms with van der Waals surface area (Å²) in [5.74, 6) is 0.425. The molecule has 1 amide bonds. The molecule has 11 heteroatoms. The van der Waals surface area contributed by atoms with Crippen LogP contribution in [0.3, 0.4) is 0 Å². The number of nitrogens with zero attached hydrogens (tertiary/aromatic N) is 5. The minimum absolute atomic E-state index is 0.0251. The second-order valence-corrected chi connectivity index (χ2v) is 8.81. The van der Waals surface area contributed by atoms with E-state index in [1.165, 1.54) is 10.7 Å². The van der Waals surface area contributed by atoms with Crippen molar-refractivity contribution in [3.05, 3.63) is 46.5 Å². The number of aromatic nitrogens is 4. The van der Waals surface area contributed by atoms with Crippen LogP contribution in [0.25, 0.3) is 5.65 Å². The zero-order valence-electron chi connectivity index (χ0n) is 18.7. The smallest absolute Gasteiger partial charge is 0.274 e. The van der Waals surface area contributed by atoms with Gasteiger partial charge in [-0.1, -0.05) is 6.42 Å². The van der Waals surface area contributed by atoms with Crippen LogP contribution in [0.5, 0.6) is 0 Å². The summed E-state index contributed by atoms with van der Waals surface area (Å²) in [7, 11) is 1.71. The number of carbonyl (C=O) groups excluding carboxylic acids is 1. The Bertz CT molecular complexity index is 1340. The fourth-order valence-electron chi connectivity index (χ4n) is 4.49. The predicted molar refractivity (Wildman–Crippen MR) is 124 cm³/mol. The summed E-state index contributed by atoms with van der Waals surface area (Å²) in [6, 6.07) is 6.97. The first-order valence-electron chi connectivity index (χ1n) is 11.4. The monoisotopic (exact) mass is 464 g/mol. The molecule has 34 heavy (non-hydrogen) atoms. The van der Waals surface area contributed by atoms with E-state index in [2.05, 4.69) is 32.1 Å². The summed E-state index contributed by atoms with van der Waals surface area (Å²) in [6.07, 6.45) is 5.72. The van der Waals surface area contributed by atoms with Gasteiger partial charge in [0.2, 0.25) is 0 Å². The first-order chi connectivity index (χ1) is 16.5. The number of halogens is 1. The van der Waals surface area contributed by atoms with Crippen molar-refractivity contribution >= 4 is 28.9 Å².